The molecule has 0 bridgehead atoms. The summed E-state index contributed by atoms with van der Waals surface area (Å²) < 4.78 is 43.2. The average Bonchev–Trinajstić information content (AvgIpc) is 2.83. The molecule has 0 spiro atoms. The largest absolute Gasteiger partial charge is 0.419 e. The molecule has 5 nitrogen and oxygen atoms in total. The molecule has 102 valence electrons. The van der Waals surface area contributed by atoms with Gasteiger partial charge in [0.2, 0.25) is 6.39 Å². The van der Waals surface area contributed by atoms with Crippen molar-refractivity contribution in [3.8, 4) is 0 Å². The Morgan fingerprint density at radius 2 is 2.11 bits per heavy atom. The van der Waals surface area contributed by atoms with Crippen LogP contribution in [0.5, 0.6) is 0 Å². The summed E-state index contributed by atoms with van der Waals surface area (Å²) in [4.78, 5) is 7.49. The Kier molecular flexibility index (Phi) is 4.03. The van der Waals surface area contributed by atoms with Gasteiger partial charge in [-0.05, 0) is 22.0 Å². The first-order valence-electron chi connectivity index (χ1n) is 5.18. The van der Waals surface area contributed by atoms with E-state index in [0.29, 0.717) is 12.2 Å². The van der Waals surface area contributed by atoms with Crippen molar-refractivity contribution in [2.45, 2.75) is 12.6 Å². The molecule has 2 rings (SSSR count). The monoisotopic (exact) mass is 336 g/mol. The van der Waals surface area contributed by atoms with E-state index < -0.39 is 11.7 Å². The van der Waals surface area contributed by atoms with Gasteiger partial charge in [-0.1, -0.05) is 5.16 Å². The van der Waals surface area contributed by atoms with Crippen molar-refractivity contribution in [2.75, 3.05) is 11.9 Å². The van der Waals surface area contributed by atoms with Crippen LogP contribution in [0.25, 0.3) is 0 Å². The van der Waals surface area contributed by atoms with Crippen LogP contribution in [0.2, 0.25) is 0 Å². The molecule has 0 radical (unpaired) electrons. The van der Waals surface area contributed by atoms with E-state index in [-0.39, 0.29) is 16.8 Å². The Hall–Kier alpha value is -1.64. The lowest BCUT2D eigenvalue weighted by atomic mass is 10.2. The molecule has 0 saturated heterocycles. The number of nitrogens with one attached hydrogen (secondary N) is 1. The Morgan fingerprint density at radius 3 is 2.74 bits per heavy atom. The zero-order valence-electron chi connectivity index (χ0n) is 9.41. The summed E-state index contributed by atoms with van der Waals surface area (Å²) in [7, 11) is 0. The molecule has 0 aromatic carbocycles. The van der Waals surface area contributed by atoms with Crippen molar-refractivity contribution < 1.29 is 17.7 Å². The molecule has 0 atom stereocenters. The van der Waals surface area contributed by atoms with Gasteiger partial charge in [0.15, 0.2) is 5.82 Å². The van der Waals surface area contributed by atoms with Crippen LogP contribution < -0.4 is 5.32 Å². The number of hydrogen-bond donors (Lipinski definition) is 1. The average molecular weight is 337 g/mol. The van der Waals surface area contributed by atoms with E-state index in [1.807, 2.05) is 0 Å². The second-order valence-corrected chi connectivity index (χ2v) is 4.49. The lowest BCUT2D eigenvalue weighted by molar-refractivity contribution is -0.137. The summed E-state index contributed by atoms with van der Waals surface area (Å²) in [6.45, 7) is 0.219. The molecule has 0 fully saturated rings. The Balaban J connectivity index is 2.07. The normalized spacial score (nSPS) is 11.6. The van der Waals surface area contributed by atoms with Gasteiger partial charge in [0, 0.05) is 23.6 Å². The lowest BCUT2D eigenvalue weighted by Gasteiger charge is -2.13. The second-order valence-electron chi connectivity index (χ2n) is 3.57. The van der Waals surface area contributed by atoms with E-state index in [2.05, 4.69) is 40.9 Å². The summed E-state index contributed by atoms with van der Waals surface area (Å²) >= 11 is 2.97. The van der Waals surface area contributed by atoms with Crippen LogP contribution in [0.3, 0.4) is 0 Å². The number of alkyl halides is 3. The van der Waals surface area contributed by atoms with Crippen LogP contribution in [0.15, 0.2) is 27.7 Å². The summed E-state index contributed by atoms with van der Waals surface area (Å²) in [6, 6.07) is 0.976. The van der Waals surface area contributed by atoms with Gasteiger partial charge in [0.25, 0.3) is 0 Å². The third-order valence-electron chi connectivity index (χ3n) is 2.21. The van der Waals surface area contributed by atoms with E-state index in [4.69, 9.17) is 0 Å². The quantitative estimate of drug-likeness (QED) is 0.929. The van der Waals surface area contributed by atoms with Crippen molar-refractivity contribution in [2.24, 2.45) is 0 Å². The number of anilines is 1. The van der Waals surface area contributed by atoms with Gasteiger partial charge in [0.05, 0.1) is 5.56 Å². The van der Waals surface area contributed by atoms with Gasteiger partial charge in [-0.3, -0.25) is 0 Å². The lowest BCUT2D eigenvalue weighted by Crippen LogP contribution is -2.14. The van der Waals surface area contributed by atoms with Gasteiger partial charge >= 0.3 is 6.18 Å². The molecule has 2 heterocycles. The minimum atomic E-state index is -4.47. The van der Waals surface area contributed by atoms with E-state index in [1.54, 1.807) is 0 Å². The summed E-state index contributed by atoms with van der Waals surface area (Å²) in [5.41, 5.74) is -0.824. The standard InChI is InChI=1S/C10H8BrF3N4O/c11-6-3-7(10(12,13)14)9(16-4-6)15-2-1-8-17-5-19-18-8/h3-5H,1-2H2,(H,15,16). The highest BCUT2D eigenvalue weighted by Crippen LogP contribution is 2.35. The van der Waals surface area contributed by atoms with Gasteiger partial charge in [0.1, 0.15) is 5.82 Å². The molecule has 0 aliphatic heterocycles. The van der Waals surface area contributed by atoms with Crippen molar-refractivity contribution in [3.05, 3.63) is 34.5 Å². The fourth-order valence-corrected chi connectivity index (χ4v) is 1.72. The molecule has 19 heavy (non-hydrogen) atoms. The predicted molar refractivity (Wildman–Crippen MR) is 63.4 cm³/mol. The number of pyridine rings is 1. The van der Waals surface area contributed by atoms with E-state index in [9.17, 15) is 13.2 Å². The molecule has 0 unspecified atom stereocenters. The number of halogens is 4. The molecule has 2 aromatic rings. The van der Waals surface area contributed by atoms with E-state index >= 15 is 0 Å². The molecule has 2 aromatic heterocycles. The first-order valence-corrected chi connectivity index (χ1v) is 5.98. The van der Waals surface area contributed by atoms with Crippen LogP contribution in [0.1, 0.15) is 11.4 Å². The second kappa shape index (κ2) is 5.55. The molecular formula is C10H8BrF3N4O. The highest BCUT2D eigenvalue weighted by atomic mass is 79.9. The van der Waals surface area contributed by atoms with Crippen molar-refractivity contribution in [1.29, 1.82) is 0 Å². The van der Waals surface area contributed by atoms with E-state index in [0.717, 1.165) is 12.5 Å². The highest BCUT2D eigenvalue weighted by Gasteiger charge is 2.34. The summed E-state index contributed by atoms with van der Waals surface area (Å²) in [5.74, 6) is 0.192. The van der Waals surface area contributed by atoms with Crippen LogP contribution in [0.4, 0.5) is 19.0 Å². The third kappa shape index (κ3) is 3.66. The molecular weight excluding hydrogens is 329 g/mol. The van der Waals surface area contributed by atoms with Crippen molar-refractivity contribution in [3.63, 3.8) is 0 Å². The highest BCUT2D eigenvalue weighted by molar-refractivity contribution is 9.10. The smallest absolute Gasteiger partial charge is 0.369 e. The van der Waals surface area contributed by atoms with Crippen LogP contribution in [-0.4, -0.2) is 21.7 Å². The van der Waals surface area contributed by atoms with Gasteiger partial charge in [-0.25, -0.2) is 4.98 Å². The topological polar surface area (TPSA) is 63.8 Å². The van der Waals surface area contributed by atoms with Gasteiger partial charge in [-0.15, -0.1) is 0 Å². The molecule has 0 aliphatic rings. The van der Waals surface area contributed by atoms with Crippen molar-refractivity contribution in [1.82, 2.24) is 15.1 Å². The number of nitrogens with zero attached hydrogens (tertiary/aromatic N) is 3. The SMILES string of the molecule is FC(F)(F)c1cc(Br)cnc1NCCc1ncon1. The minimum absolute atomic E-state index is 0.219. The fourth-order valence-electron chi connectivity index (χ4n) is 1.39. The molecule has 1 N–H and O–H groups in total. The molecule has 0 amide bonds. The number of aromatic nitrogens is 3. The van der Waals surface area contributed by atoms with Crippen molar-refractivity contribution >= 4 is 21.7 Å². The number of rotatable bonds is 4. The van der Waals surface area contributed by atoms with Gasteiger partial charge < -0.3 is 9.84 Å². The van der Waals surface area contributed by atoms with Crippen LogP contribution in [0, 0.1) is 0 Å². The Morgan fingerprint density at radius 1 is 1.32 bits per heavy atom. The maximum Gasteiger partial charge on any atom is 0.419 e. The zero-order valence-corrected chi connectivity index (χ0v) is 11.0. The molecule has 0 aliphatic carbocycles. The summed E-state index contributed by atoms with van der Waals surface area (Å²) in [6.07, 6.45) is -1.67. The first kappa shape index (κ1) is 13.8. The maximum atomic E-state index is 12.8. The minimum Gasteiger partial charge on any atom is -0.369 e. The third-order valence-corrected chi connectivity index (χ3v) is 2.64. The molecule has 9 heteroatoms. The van der Waals surface area contributed by atoms with Crippen LogP contribution in [-0.2, 0) is 12.6 Å². The zero-order chi connectivity index (χ0) is 13.9. The maximum absolute atomic E-state index is 12.8. The first-order chi connectivity index (χ1) is 8.97. The van der Waals surface area contributed by atoms with E-state index in [1.165, 1.54) is 6.20 Å². The van der Waals surface area contributed by atoms with Gasteiger partial charge in [-0.2, -0.15) is 18.2 Å². The number of hydrogen-bond acceptors (Lipinski definition) is 5. The Bertz CT molecular complexity index is 544. The predicted octanol–water partition coefficient (Wildman–Crippen LogP) is 2.90. The molecule has 0 saturated carbocycles. The van der Waals surface area contributed by atoms with Crippen LogP contribution >= 0.6 is 15.9 Å². The fraction of sp³-hybridized carbons (Fsp3) is 0.300. The Labute approximate surface area is 114 Å². The summed E-state index contributed by atoms with van der Waals surface area (Å²) in [5, 5.41) is 6.17.